The van der Waals surface area contributed by atoms with Crippen LogP contribution in [0.4, 0.5) is 0 Å². The van der Waals surface area contributed by atoms with E-state index in [2.05, 4.69) is 12.2 Å². The van der Waals surface area contributed by atoms with E-state index in [0.717, 1.165) is 29.5 Å². The Labute approximate surface area is 194 Å². The molecule has 4 rings (SSSR count). The maximum absolute atomic E-state index is 9.77. The quantitative estimate of drug-likeness (QED) is 0.416. The third kappa shape index (κ3) is 5.75. The summed E-state index contributed by atoms with van der Waals surface area (Å²) in [6, 6.07) is 21.5. The van der Waals surface area contributed by atoms with Crippen LogP contribution in [0.15, 0.2) is 78.9 Å². The van der Waals surface area contributed by atoms with Crippen LogP contribution >= 0.6 is 0 Å². The average Bonchev–Trinajstić information content (AvgIpc) is 2.82. The number of hydrogen-bond donors (Lipinski definition) is 3. The smallest absolute Gasteiger partial charge is 0.115 e. The van der Waals surface area contributed by atoms with Crippen molar-refractivity contribution in [1.82, 2.24) is 0 Å². The lowest BCUT2D eigenvalue weighted by Gasteiger charge is -2.42. The molecule has 0 spiro atoms. The Bertz CT molecular complexity index is 1040. The van der Waals surface area contributed by atoms with Gasteiger partial charge >= 0.3 is 0 Å². The fraction of sp³-hybridized carbons (Fsp3) is 0.286. The molecule has 1 aliphatic rings. The second-order valence-corrected chi connectivity index (χ2v) is 8.60. The van der Waals surface area contributed by atoms with Crippen molar-refractivity contribution in [2.24, 2.45) is 11.8 Å². The summed E-state index contributed by atoms with van der Waals surface area (Å²) in [6.45, 7) is 0.575. The molecule has 3 aromatic carbocycles. The summed E-state index contributed by atoms with van der Waals surface area (Å²) in [5.41, 5.74) is 3.06. The Hall–Kier alpha value is -3.28. The maximum Gasteiger partial charge on any atom is 0.115 e. The molecular weight excluding hydrogens is 416 g/mol. The van der Waals surface area contributed by atoms with Crippen LogP contribution in [0.1, 0.15) is 41.7 Å². The highest BCUT2D eigenvalue weighted by atomic mass is 16.5. The molecule has 0 saturated carbocycles. The van der Waals surface area contributed by atoms with Crippen molar-refractivity contribution in [2.45, 2.75) is 25.0 Å². The molecule has 0 aliphatic carbocycles. The minimum Gasteiger partial charge on any atom is -0.508 e. The number of allylic oxidation sites excluding steroid dienone is 1. The molecule has 33 heavy (non-hydrogen) atoms. The van der Waals surface area contributed by atoms with E-state index in [4.69, 9.17) is 9.47 Å². The average molecular weight is 447 g/mol. The molecule has 0 radical (unpaired) electrons. The van der Waals surface area contributed by atoms with Crippen molar-refractivity contribution in [1.29, 1.82) is 0 Å². The third-order valence-corrected chi connectivity index (χ3v) is 6.22. The summed E-state index contributed by atoms with van der Waals surface area (Å²) in [7, 11) is 1.71. The molecule has 0 bridgehead atoms. The van der Waals surface area contributed by atoms with E-state index in [1.165, 1.54) is 0 Å². The number of benzene rings is 3. The minimum absolute atomic E-state index is 0.151. The zero-order chi connectivity index (χ0) is 23.2. The first-order valence-electron chi connectivity index (χ1n) is 11.2. The SMILES string of the molecule is COC[C@H]1C[C@H](C/C=C/c2ccc(O)cc2)[C@@H](c2ccc(O)cc2)O[C@H]1c1ccc(O)cc1. The Morgan fingerprint density at radius 1 is 0.758 bits per heavy atom. The minimum atomic E-state index is -0.165. The topological polar surface area (TPSA) is 79.2 Å². The number of hydrogen-bond acceptors (Lipinski definition) is 5. The van der Waals surface area contributed by atoms with Gasteiger partial charge < -0.3 is 24.8 Å². The molecule has 0 aromatic heterocycles. The fourth-order valence-electron chi connectivity index (χ4n) is 4.60. The van der Waals surface area contributed by atoms with Crippen molar-refractivity contribution in [2.75, 3.05) is 13.7 Å². The number of methoxy groups -OCH3 is 1. The van der Waals surface area contributed by atoms with E-state index >= 15 is 0 Å². The Kier molecular flexibility index (Phi) is 7.33. The van der Waals surface area contributed by atoms with Gasteiger partial charge in [0.2, 0.25) is 0 Å². The van der Waals surface area contributed by atoms with Crippen LogP contribution in [0.2, 0.25) is 0 Å². The molecular formula is C28H30O5. The third-order valence-electron chi connectivity index (χ3n) is 6.22. The lowest BCUT2D eigenvalue weighted by molar-refractivity contribution is -0.133. The van der Waals surface area contributed by atoms with Gasteiger partial charge in [0.15, 0.2) is 0 Å². The van der Waals surface area contributed by atoms with Crippen molar-refractivity contribution < 1.29 is 24.8 Å². The number of phenolic OH excluding ortho intramolecular Hbond substituents is 3. The van der Waals surface area contributed by atoms with E-state index in [1.807, 2.05) is 36.4 Å². The largest absolute Gasteiger partial charge is 0.508 e. The van der Waals surface area contributed by atoms with E-state index < -0.39 is 0 Å². The van der Waals surface area contributed by atoms with Crippen LogP contribution in [0.5, 0.6) is 17.2 Å². The molecule has 3 aromatic rings. The lowest BCUT2D eigenvalue weighted by Crippen LogP contribution is -2.34. The highest BCUT2D eigenvalue weighted by Gasteiger charge is 2.39. The molecule has 0 amide bonds. The monoisotopic (exact) mass is 446 g/mol. The molecule has 5 heteroatoms. The summed E-state index contributed by atoms with van der Waals surface area (Å²) in [5.74, 6) is 1.09. The van der Waals surface area contributed by atoms with Crippen LogP contribution in [0, 0.1) is 11.8 Å². The summed E-state index contributed by atoms with van der Waals surface area (Å²) in [5, 5.41) is 29.0. The molecule has 4 atom stereocenters. The van der Waals surface area contributed by atoms with E-state index in [-0.39, 0.29) is 41.3 Å². The molecule has 1 fully saturated rings. The molecule has 1 heterocycles. The summed E-state index contributed by atoms with van der Waals surface area (Å²) >= 11 is 0. The van der Waals surface area contributed by atoms with Crippen LogP contribution in [0.25, 0.3) is 6.08 Å². The maximum atomic E-state index is 9.77. The van der Waals surface area contributed by atoms with Gasteiger partial charge in [-0.3, -0.25) is 0 Å². The van der Waals surface area contributed by atoms with E-state index in [1.54, 1.807) is 43.5 Å². The first-order valence-corrected chi connectivity index (χ1v) is 11.2. The van der Waals surface area contributed by atoms with Gasteiger partial charge in [0.25, 0.3) is 0 Å². The Balaban J connectivity index is 1.60. The van der Waals surface area contributed by atoms with Gasteiger partial charge in [-0.05, 0) is 71.8 Å². The standard InChI is InChI=1S/C28H30O5/c1-32-18-23-17-22(4-2-3-19-5-11-24(29)12-6-19)27(20-7-13-25(30)14-8-20)33-28(23)21-9-15-26(31)16-10-21/h2-3,5-16,22-23,27-31H,4,17-18H2,1H3/b3-2+/t22-,23+,27+,28-/m0/s1. The normalized spacial score (nSPS) is 23.1. The summed E-state index contributed by atoms with van der Waals surface area (Å²) in [6.07, 6.45) is 5.62. The number of aromatic hydroxyl groups is 3. The summed E-state index contributed by atoms with van der Waals surface area (Å²) in [4.78, 5) is 0. The first kappa shape index (κ1) is 22.9. The van der Waals surface area contributed by atoms with Crippen LogP contribution < -0.4 is 0 Å². The Morgan fingerprint density at radius 3 is 1.76 bits per heavy atom. The zero-order valence-electron chi connectivity index (χ0n) is 18.7. The van der Waals surface area contributed by atoms with Gasteiger partial charge in [-0.25, -0.2) is 0 Å². The van der Waals surface area contributed by atoms with Crippen LogP contribution in [-0.2, 0) is 9.47 Å². The summed E-state index contributed by atoms with van der Waals surface area (Å²) < 4.78 is 12.3. The molecule has 172 valence electrons. The van der Waals surface area contributed by atoms with Crippen molar-refractivity contribution >= 4 is 6.08 Å². The highest BCUT2D eigenvalue weighted by Crippen LogP contribution is 2.47. The number of ether oxygens (including phenoxy) is 2. The van der Waals surface area contributed by atoms with E-state index in [0.29, 0.717) is 6.61 Å². The molecule has 1 saturated heterocycles. The molecule has 1 aliphatic heterocycles. The zero-order valence-corrected chi connectivity index (χ0v) is 18.7. The molecule has 0 unspecified atom stereocenters. The van der Waals surface area contributed by atoms with Crippen LogP contribution in [-0.4, -0.2) is 29.0 Å². The lowest BCUT2D eigenvalue weighted by atomic mass is 9.78. The second kappa shape index (κ2) is 10.6. The van der Waals surface area contributed by atoms with E-state index in [9.17, 15) is 15.3 Å². The predicted molar refractivity (Wildman–Crippen MR) is 128 cm³/mol. The number of phenols is 3. The van der Waals surface area contributed by atoms with Crippen molar-refractivity contribution in [3.8, 4) is 17.2 Å². The highest BCUT2D eigenvalue weighted by molar-refractivity contribution is 5.50. The molecule has 5 nitrogen and oxygen atoms in total. The van der Waals surface area contributed by atoms with Gasteiger partial charge in [-0.2, -0.15) is 0 Å². The van der Waals surface area contributed by atoms with Gasteiger partial charge in [0.1, 0.15) is 17.2 Å². The second-order valence-electron chi connectivity index (χ2n) is 8.60. The van der Waals surface area contributed by atoms with Crippen LogP contribution in [0.3, 0.4) is 0 Å². The Morgan fingerprint density at radius 2 is 1.24 bits per heavy atom. The van der Waals surface area contributed by atoms with Gasteiger partial charge in [0, 0.05) is 13.0 Å². The number of rotatable bonds is 7. The predicted octanol–water partition coefficient (Wildman–Crippen LogP) is 5.99. The fourth-order valence-corrected chi connectivity index (χ4v) is 4.60. The van der Waals surface area contributed by atoms with Gasteiger partial charge in [-0.1, -0.05) is 48.6 Å². The van der Waals surface area contributed by atoms with Crippen molar-refractivity contribution in [3.63, 3.8) is 0 Å². The van der Waals surface area contributed by atoms with Gasteiger partial charge in [-0.15, -0.1) is 0 Å². The first-order chi connectivity index (χ1) is 16.0. The van der Waals surface area contributed by atoms with Gasteiger partial charge in [0.05, 0.1) is 18.8 Å². The molecule has 3 N–H and O–H groups in total. The van der Waals surface area contributed by atoms with Crippen molar-refractivity contribution in [3.05, 3.63) is 95.6 Å².